The molecule has 3 rings (SSSR count). The van der Waals surface area contributed by atoms with Gasteiger partial charge in [0.25, 0.3) is 0 Å². The maximum atomic E-state index is 12.0. The van der Waals surface area contributed by atoms with Gasteiger partial charge in [0.05, 0.1) is 36.2 Å². The van der Waals surface area contributed by atoms with Gasteiger partial charge in [0.2, 0.25) is 0 Å². The van der Waals surface area contributed by atoms with Crippen LogP contribution >= 0.6 is 36.1 Å². The molecule has 2 aromatic heterocycles. The van der Waals surface area contributed by atoms with Gasteiger partial charge in [0, 0.05) is 18.8 Å². The van der Waals surface area contributed by atoms with Gasteiger partial charge in [-0.1, -0.05) is 0 Å². The van der Waals surface area contributed by atoms with Crippen molar-refractivity contribution in [2.24, 2.45) is 0 Å². The summed E-state index contributed by atoms with van der Waals surface area (Å²) in [4.78, 5) is 56.2. The Morgan fingerprint density at radius 2 is 1.88 bits per heavy atom. The fourth-order valence-corrected chi connectivity index (χ4v) is 6.82. The summed E-state index contributed by atoms with van der Waals surface area (Å²) >= 11 is 3.92. The molecular weight excluding hydrogens is 647 g/mol. The molecule has 0 saturated carbocycles. The first-order chi connectivity index (χ1) is 19.7. The van der Waals surface area contributed by atoms with Crippen molar-refractivity contribution >= 4 is 59.0 Å². The molecule has 0 spiro atoms. The number of hydrogen-bond acceptors (Lipinski definition) is 14. The number of nitrogens with two attached hydrogens (primary N) is 1. The largest absolute Gasteiger partial charge is 0.490 e. The summed E-state index contributed by atoms with van der Waals surface area (Å²) in [6.07, 6.45) is 2.48. The quantitative estimate of drug-likeness (QED) is 0.0375. The van der Waals surface area contributed by atoms with Gasteiger partial charge < -0.3 is 44.1 Å². The van der Waals surface area contributed by atoms with E-state index >= 15 is 0 Å². The topological polar surface area (TPSA) is 273 Å². The summed E-state index contributed by atoms with van der Waals surface area (Å²) in [5.41, 5.74) is 6.73. The van der Waals surface area contributed by atoms with E-state index in [4.69, 9.17) is 29.7 Å². The second-order valence-electron chi connectivity index (χ2n) is 8.34. The number of thiol groups is 1. The van der Waals surface area contributed by atoms with Crippen molar-refractivity contribution in [3.63, 3.8) is 0 Å². The molecule has 0 aromatic carbocycles. The van der Waals surface area contributed by atoms with Crippen LogP contribution in [0.4, 0.5) is 10.6 Å². The van der Waals surface area contributed by atoms with E-state index in [0.29, 0.717) is 48.4 Å². The van der Waals surface area contributed by atoms with Crippen LogP contribution in [0, 0.1) is 12.0 Å². The van der Waals surface area contributed by atoms with Crippen molar-refractivity contribution in [2.75, 3.05) is 31.5 Å². The number of rotatable bonds is 14. The van der Waals surface area contributed by atoms with Gasteiger partial charge in [-0.15, -0.1) is 0 Å². The van der Waals surface area contributed by atoms with Crippen LogP contribution in [-0.2, 0) is 41.1 Å². The van der Waals surface area contributed by atoms with Crippen LogP contribution in [0.15, 0.2) is 12.5 Å². The highest BCUT2D eigenvalue weighted by Gasteiger charge is 2.41. The first-order valence-electron chi connectivity index (χ1n) is 11.9. The third-order valence-electron chi connectivity index (χ3n) is 5.24. The van der Waals surface area contributed by atoms with Crippen LogP contribution in [0.3, 0.4) is 0 Å². The average molecular weight is 675 g/mol. The standard InChI is InChI=1S/C19H28N5O14P3S/c20-17-16-13(5-6-21-19(25)34-8-2-1-7-33-12-42)9-24(18(16)23-11-22-17)15-4-3-14(36-15)10-35-40(29,30)38-41(31,32)37-39(26,27)28/h9,11,14-15,42H,1-4,7-8,10,12H2,(H,21,25)(H,29,30)(H,31,32)(H2,20,22,23)(H2,26,27,28)/t14-,15+/m0/s1. The number of anilines is 1. The Balaban J connectivity index is 1.61. The lowest BCUT2D eigenvalue weighted by molar-refractivity contribution is -0.0202. The number of aromatic nitrogens is 3. The zero-order valence-electron chi connectivity index (χ0n) is 21.5. The number of amides is 1. The van der Waals surface area contributed by atoms with Gasteiger partial charge >= 0.3 is 29.6 Å². The fraction of sp³-hybridized carbons (Fsp3) is 0.526. The lowest BCUT2D eigenvalue weighted by atomic mass is 10.2. The number of carbonyl (C=O) groups is 1. The number of phosphoric ester groups is 1. The van der Waals surface area contributed by atoms with Crippen molar-refractivity contribution < 1.29 is 65.4 Å². The third kappa shape index (κ3) is 10.9. The summed E-state index contributed by atoms with van der Waals surface area (Å²) in [6, 6.07) is 2.49. The van der Waals surface area contributed by atoms with E-state index in [0.717, 1.165) is 0 Å². The molecule has 1 saturated heterocycles. The highest BCUT2D eigenvalue weighted by molar-refractivity contribution is 7.80. The molecule has 23 heteroatoms. The van der Waals surface area contributed by atoms with Gasteiger partial charge in [0.1, 0.15) is 24.0 Å². The fourth-order valence-electron chi connectivity index (χ4n) is 3.64. The minimum absolute atomic E-state index is 0.108. The average Bonchev–Trinajstić information content (AvgIpc) is 3.48. The van der Waals surface area contributed by atoms with Crippen molar-refractivity contribution in [1.82, 2.24) is 19.9 Å². The lowest BCUT2D eigenvalue weighted by Crippen LogP contribution is -2.19. The number of nitrogens with zero attached hydrogens (tertiary/aromatic N) is 3. The van der Waals surface area contributed by atoms with E-state index < -0.39 is 48.5 Å². The number of ether oxygens (including phenoxy) is 3. The molecule has 1 fully saturated rings. The molecule has 1 aliphatic heterocycles. The third-order valence-corrected chi connectivity index (χ3v) is 9.23. The molecule has 0 radical (unpaired) electrons. The second kappa shape index (κ2) is 15.1. The first-order valence-corrected chi connectivity index (χ1v) is 17.0. The Morgan fingerprint density at radius 1 is 1.14 bits per heavy atom. The van der Waals surface area contributed by atoms with Crippen LogP contribution in [-0.4, -0.2) is 72.1 Å². The summed E-state index contributed by atoms with van der Waals surface area (Å²) in [5, 5.41) is 2.69. The van der Waals surface area contributed by atoms with Gasteiger partial charge in [-0.2, -0.15) is 21.3 Å². The number of fused-ring (bicyclic) bond motifs is 1. The predicted molar refractivity (Wildman–Crippen MR) is 145 cm³/mol. The number of phosphoric acid groups is 3. The lowest BCUT2D eigenvalue weighted by Gasteiger charge is -2.19. The molecule has 19 nitrogen and oxygen atoms in total. The number of hydrogen-bond donors (Lipinski definition) is 7. The smallest absolute Gasteiger partial charge is 0.449 e. The van der Waals surface area contributed by atoms with Crippen LogP contribution in [0.25, 0.3) is 11.0 Å². The minimum atomic E-state index is -5.64. The van der Waals surface area contributed by atoms with E-state index in [9.17, 15) is 28.3 Å². The molecule has 4 atom stereocenters. The van der Waals surface area contributed by atoms with Crippen LogP contribution in [0.2, 0.25) is 0 Å². The monoisotopic (exact) mass is 675 g/mol. The Labute approximate surface area is 243 Å². The summed E-state index contributed by atoms with van der Waals surface area (Å²) in [5.74, 6) is 3.18. The SMILES string of the molecule is Nc1ncnc2c1c(C#CNC(=O)OCCCCOCS)cn2[C@H]1CC[C@@H](COP(=O)(O)OP(=O)(O)OP(=O)(O)O)O1. The molecule has 0 aliphatic carbocycles. The molecule has 1 aliphatic rings. The number of alkyl carbamates (subject to hydrolysis) is 1. The molecule has 1 amide bonds. The van der Waals surface area contributed by atoms with E-state index in [1.807, 2.05) is 0 Å². The maximum absolute atomic E-state index is 12.0. The van der Waals surface area contributed by atoms with Gasteiger partial charge in [-0.3, -0.25) is 4.52 Å². The number of nitrogen functional groups attached to an aromatic ring is 1. The molecule has 2 unspecified atom stereocenters. The second-order valence-corrected chi connectivity index (χ2v) is 13.0. The molecule has 3 heterocycles. The highest BCUT2D eigenvalue weighted by atomic mass is 32.1. The van der Waals surface area contributed by atoms with Crippen molar-refractivity contribution in [2.45, 2.75) is 38.0 Å². The molecular formula is C19H28N5O14P3S. The molecule has 0 bridgehead atoms. The van der Waals surface area contributed by atoms with Gasteiger partial charge in [-0.25, -0.2) is 33.8 Å². The zero-order chi connectivity index (χ0) is 31.0. The predicted octanol–water partition coefficient (Wildman–Crippen LogP) is 1.75. The van der Waals surface area contributed by atoms with Crippen LogP contribution < -0.4 is 11.1 Å². The molecule has 2 aromatic rings. The van der Waals surface area contributed by atoms with Crippen molar-refractivity contribution in [3.8, 4) is 12.0 Å². The zero-order valence-corrected chi connectivity index (χ0v) is 25.1. The van der Waals surface area contributed by atoms with E-state index in [2.05, 4.69) is 53.0 Å². The van der Waals surface area contributed by atoms with Gasteiger partial charge in [0.15, 0.2) is 0 Å². The van der Waals surface area contributed by atoms with E-state index in [1.54, 1.807) is 10.8 Å². The number of nitrogens with one attached hydrogen (secondary N) is 1. The summed E-state index contributed by atoms with van der Waals surface area (Å²) in [6.45, 7) is 0.0737. The first kappa shape index (κ1) is 34.4. The normalized spacial score (nSPS) is 19.9. The Bertz CT molecular complexity index is 1460. The molecule has 234 valence electrons. The van der Waals surface area contributed by atoms with E-state index in [-0.39, 0.29) is 18.8 Å². The minimum Gasteiger partial charge on any atom is -0.449 e. The van der Waals surface area contributed by atoms with Gasteiger partial charge in [-0.05, 0) is 31.6 Å². The molecule has 42 heavy (non-hydrogen) atoms. The summed E-state index contributed by atoms with van der Waals surface area (Å²) in [7, 11) is -16.5. The molecule has 7 N–H and O–H groups in total. The van der Waals surface area contributed by atoms with Crippen molar-refractivity contribution in [3.05, 3.63) is 18.1 Å². The van der Waals surface area contributed by atoms with E-state index in [1.165, 1.54) is 6.33 Å². The highest BCUT2D eigenvalue weighted by Crippen LogP contribution is 2.66. The number of unbranched alkanes of at least 4 members (excludes halogenated alkanes) is 1. The number of carbonyl (C=O) groups excluding carboxylic acids is 1. The Morgan fingerprint density at radius 3 is 2.60 bits per heavy atom. The summed E-state index contributed by atoms with van der Waals surface area (Å²) < 4.78 is 63.8. The Hall–Kier alpha value is -2.07. The Kier molecular flexibility index (Phi) is 12.4. The maximum Gasteiger partial charge on any atom is 0.490 e. The van der Waals surface area contributed by atoms with Crippen LogP contribution in [0.1, 0.15) is 37.5 Å². The van der Waals surface area contributed by atoms with Crippen LogP contribution in [0.5, 0.6) is 0 Å². The van der Waals surface area contributed by atoms with Crippen molar-refractivity contribution in [1.29, 1.82) is 0 Å².